The predicted molar refractivity (Wildman–Crippen MR) is 77.5 cm³/mol. The molecule has 0 aliphatic heterocycles. The molecular weight excluding hydrogens is 296 g/mol. The molecule has 17 heavy (non-hydrogen) atoms. The van der Waals surface area contributed by atoms with Crippen LogP contribution in [0.25, 0.3) is 10.8 Å². The van der Waals surface area contributed by atoms with Crippen LogP contribution in [0.2, 0.25) is 0 Å². The fraction of sp³-hybridized carbons (Fsp3) is 0.333. The molecule has 0 nitrogen and oxygen atoms in total. The molecule has 0 heterocycles. The molecule has 0 N–H and O–H groups in total. The van der Waals surface area contributed by atoms with E-state index in [1.807, 2.05) is 0 Å². The molecule has 0 saturated heterocycles. The third-order valence-corrected chi connectivity index (χ3v) is 5.00. The van der Waals surface area contributed by atoms with Crippen LogP contribution in [0.3, 0.4) is 0 Å². The maximum atomic E-state index is 6.61. The van der Waals surface area contributed by atoms with E-state index in [0.29, 0.717) is 5.92 Å². The van der Waals surface area contributed by atoms with Crippen LogP contribution < -0.4 is 0 Å². The van der Waals surface area contributed by atoms with Crippen molar-refractivity contribution in [3.05, 3.63) is 46.4 Å². The molecule has 88 valence electrons. The first-order valence-corrected chi connectivity index (χ1v) is 7.22. The lowest BCUT2D eigenvalue weighted by Crippen LogP contribution is -1.96. The molecule has 1 aliphatic rings. The van der Waals surface area contributed by atoms with E-state index in [9.17, 15) is 0 Å². The summed E-state index contributed by atoms with van der Waals surface area (Å²) in [6, 6.07) is 12.7. The molecular formula is C15H14BrCl. The van der Waals surface area contributed by atoms with Crippen LogP contribution in [0, 0.1) is 11.8 Å². The van der Waals surface area contributed by atoms with Crippen molar-refractivity contribution in [3.8, 4) is 0 Å². The second-order valence-corrected chi connectivity index (χ2v) is 6.29. The predicted octanol–water partition coefficient (Wildman–Crippen LogP) is 5.54. The number of rotatable bonds is 2. The largest absolute Gasteiger partial charge is 0.117 e. The summed E-state index contributed by atoms with van der Waals surface area (Å²) in [4.78, 5) is 0. The monoisotopic (exact) mass is 308 g/mol. The Balaban J connectivity index is 2.13. The molecule has 1 saturated carbocycles. The van der Waals surface area contributed by atoms with Crippen LogP contribution in [0.1, 0.15) is 24.3 Å². The zero-order valence-electron chi connectivity index (χ0n) is 9.66. The van der Waals surface area contributed by atoms with Gasteiger partial charge in [-0.05, 0) is 40.7 Å². The molecule has 3 rings (SSSR count). The second kappa shape index (κ2) is 4.29. The van der Waals surface area contributed by atoms with E-state index < -0.39 is 0 Å². The van der Waals surface area contributed by atoms with Gasteiger partial charge in [0.15, 0.2) is 0 Å². The summed E-state index contributed by atoms with van der Waals surface area (Å²) >= 11 is 10.2. The number of fused-ring (bicyclic) bond motifs is 1. The summed E-state index contributed by atoms with van der Waals surface area (Å²) in [6.07, 6.45) is 1.26. The van der Waals surface area contributed by atoms with Crippen LogP contribution >= 0.6 is 27.5 Å². The quantitative estimate of drug-likeness (QED) is 0.639. The topological polar surface area (TPSA) is 0 Å². The van der Waals surface area contributed by atoms with E-state index in [2.05, 4.69) is 59.3 Å². The van der Waals surface area contributed by atoms with Gasteiger partial charge in [-0.25, -0.2) is 0 Å². The number of hydrogen-bond donors (Lipinski definition) is 0. The number of alkyl halides is 1. The fourth-order valence-electron chi connectivity index (χ4n) is 2.52. The summed E-state index contributed by atoms with van der Waals surface area (Å²) in [5, 5.41) is 2.69. The Bertz CT molecular complexity index is 564. The van der Waals surface area contributed by atoms with E-state index in [4.69, 9.17) is 11.6 Å². The van der Waals surface area contributed by atoms with Gasteiger partial charge in [-0.2, -0.15) is 0 Å². The average Bonchev–Trinajstić information content (AvgIpc) is 3.07. The normalized spacial score (nSPS) is 24.9. The van der Waals surface area contributed by atoms with Gasteiger partial charge in [-0.1, -0.05) is 53.2 Å². The minimum atomic E-state index is 0.156. The van der Waals surface area contributed by atoms with Gasteiger partial charge in [-0.15, -0.1) is 11.6 Å². The van der Waals surface area contributed by atoms with Gasteiger partial charge in [-0.3, -0.25) is 0 Å². The van der Waals surface area contributed by atoms with Crippen molar-refractivity contribution >= 4 is 38.3 Å². The van der Waals surface area contributed by atoms with E-state index in [1.165, 1.54) is 22.8 Å². The summed E-state index contributed by atoms with van der Waals surface area (Å²) in [5.41, 5.74) is 1.28. The maximum absolute atomic E-state index is 6.61. The second-order valence-electron chi connectivity index (χ2n) is 4.96. The molecule has 2 aromatic carbocycles. The highest BCUT2D eigenvalue weighted by Gasteiger charge is 2.39. The third kappa shape index (κ3) is 2.00. The zero-order chi connectivity index (χ0) is 12.0. The molecule has 2 aromatic rings. The third-order valence-electron chi connectivity index (χ3n) is 3.75. The minimum Gasteiger partial charge on any atom is -0.117 e. The molecule has 0 bridgehead atoms. The van der Waals surface area contributed by atoms with Crippen molar-refractivity contribution < 1.29 is 0 Å². The van der Waals surface area contributed by atoms with E-state index >= 15 is 0 Å². The molecule has 0 radical (unpaired) electrons. The van der Waals surface area contributed by atoms with Gasteiger partial charge in [0.1, 0.15) is 0 Å². The highest BCUT2D eigenvalue weighted by atomic mass is 79.9. The number of halogens is 2. The first-order chi connectivity index (χ1) is 8.18. The van der Waals surface area contributed by atoms with E-state index in [1.54, 1.807) is 0 Å². The summed E-state index contributed by atoms with van der Waals surface area (Å²) in [6.45, 7) is 2.28. The molecule has 3 unspecified atom stereocenters. The Hall–Kier alpha value is -0.530. The minimum absolute atomic E-state index is 0.156. The average molecular weight is 310 g/mol. The zero-order valence-corrected chi connectivity index (χ0v) is 12.0. The number of hydrogen-bond acceptors (Lipinski definition) is 0. The van der Waals surface area contributed by atoms with Gasteiger partial charge >= 0.3 is 0 Å². The molecule has 0 spiro atoms. The summed E-state index contributed by atoms with van der Waals surface area (Å²) in [5.74, 6) is 1.43. The Morgan fingerprint density at radius 1 is 1.18 bits per heavy atom. The van der Waals surface area contributed by atoms with Crippen LogP contribution in [-0.2, 0) is 0 Å². The maximum Gasteiger partial charge on any atom is 0.0622 e. The van der Waals surface area contributed by atoms with Gasteiger partial charge in [0.25, 0.3) is 0 Å². The van der Waals surface area contributed by atoms with Crippen molar-refractivity contribution in [1.29, 1.82) is 0 Å². The molecule has 2 heteroatoms. The lowest BCUT2D eigenvalue weighted by Gasteiger charge is -2.13. The summed E-state index contributed by atoms with van der Waals surface area (Å²) < 4.78 is 1.14. The molecule has 0 amide bonds. The van der Waals surface area contributed by atoms with Crippen molar-refractivity contribution in [1.82, 2.24) is 0 Å². The van der Waals surface area contributed by atoms with Crippen molar-refractivity contribution in [2.24, 2.45) is 11.8 Å². The van der Waals surface area contributed by atoms with Gasteiger partial charge in [0, 0.05) is 4.47 Å². The highest BCUT2D eigenvalue weighted by Crippen LogP contribution is 2.51. The Morgan fingerprint density at radius 2 is 1.82 bits per heavy atom. The molecule has 3 atom stereocenters. The molecule has 0 aromatic heterocycles. The van der Waals surface area contributed by atoms with Crippen molar-refractivity contribution in [2.45, 2.75) is 18.7 Å². The molecule has 1 aliphatic carbocycles. The smallest absolute Gasteiger partial charge is 0.0622 e. The highest BCUT2D eigenvalue weighted by molar-refractivity contribution is 9.10. The Labute approximate surface area is 115 Å². The van der Waals surface area contributed by atoms with Crippen LogP contribution in [-0.4, -0.2) is 0 Å². The molecule has 1 fully saturated rings. The van der Waals surface area contributed by atoms with Crippen LogP contribution in [0.15, 0.2) is 40.9 Å². The Morgan fingerprint density at radius 3 is 2.47 bits per heavy atom. The van der Waals surface area contributed by atoms with Gasteiger partial charge in [0.05, 0.1) is 5.38 Å². The Kier molecular flexibility index (Phi) is 2.92. The van der Waals surface area contributed by atoms with Crippen LogP contribution in [0.4, 0.5) is 0 Å². The lowest BCUT2D eigenvalue weighted by molar-refractivity contribution is 0.726. The fourth-order valence-corrected chi connectivity index (χ4v) is 3.53. The van der Waals surface area contributed by atoms with Crippen molar-refractivity contribution in [3.63, 3.8) is 0 Å². The SMILES string of the molecule is CC1CC1C(Cl)c1ccc(Br)c2ccccc12. The standard InChI is InChI=1S/C15H14BrCl/c1-9-8-13(9)15(17)12-6-7-14(16)11-5-3-2-4-10(11)12/h2-7,9,13,15H,8H2,1H3. The first kappa shape index (κ1) is 11.6. The van der Waals surface area contributed by atoms with Gasteiger partial charge in [0.2, 0.25) is 0 Å². The van der Waals surface area contributed by atoms with Gasteiger partial charge < -0.3 is 0 Å². The van der Waals surface area contributed by atoms with E-state index in [0.717, 1.165) is 10.4 Å². The first-order valence-electron chi connectivity index (χ1n) is 5.99. The summed E-state index contributed by atoms with van der Waals surface area (Å²) in [7, 11) is 0. The van der Waals surface area contributed by atoms with Crippen LogP contribution in [0.5, 0.6) is 0 Å². The van der Waals surface area contributed by atoms with Crippen molar-refractivity contribution in [2.75, 3.05) is 0 Å². The lowest BCUT2D eigenvalue weighted by atomic mass is 9.99. The number of benzene rings is 2. The van der Waals surface area contributed by atoms with E-state index in [-0.39, 0.29) is 5.38 Å².